The van der Waals surface area contributed by atoms with Gasteiger partial charge in [-0.15, -0.1) is 0 Å². The fourth-order valence-electron chi connectivity index (χ4n) is 8.67. The Morgan fingerprint density at radius 3 is 1.18 bits per heavy atom. The molecule has 0 aliphatic carbocycles. The number of rotatable bonds is 6. The summed E-state index contributed by atoms with van der Waals surface area (Å²) in [7, 11) is -4.51. The first-order chi connectivity index (χ1) is 28.9. The van der Waals surface area contributed by atoms with Gasteiger partial charge in [-0.05, 0) is 60.6 Å². The highest BCUT2D eigenvalue weighted by Gasteiger charge is 2.24. The highest BCUT2D eigenvalue weighted by atomic mass is 32.2. The SMILES string of the molecule is CN1CCc2c(c3ccccc3n2Cc2ccccc2)C1.CN1CCc2c(c3ccccc3n2Cc2ccccc2)C1.O=S(=O)(O)c1cccc2c(S(=O)(=O)O)cccc12. The lowest BCUT2D eigenvalue weighted by molar-refractivity contribution is 0.310. The standard InChI is InChI=1S/2C19H20N2.C10H8O6S2/c2*1-20-12-11-19-17(14-20)16-9-5-6-10-18(16)21(19)13-15-7-3-2-4-8-15;11-17(12,13)9-5-1-3-7-8(9)4-2-6-10(7)18(14,15)16/h2*2-10H,11-14H2,1H3;1-6H,(H,11,12,13)(H,14,15,16). The van der Waals surface area contributed by atoms with Crippen LogP contribution in [0.2, 0.25) is 0 Å². The van der Waals surface area contributed by atoms with E-state index in [0.29, 0.717) is 0 Å². The van der Waals surface area contributed by atoms with E-state index in [1.807, 2.05) is 0 Å². The summed E-state index contributed by atoms with van der Waals surface area (Å²) in [5.74, 6) is 0. The molecule has 0 spiro atoms. The number of nitrogens with zero attached hydrogens (tertiary/aromatic N) is 4. The molecule has 2 aliphatic heterocycles. The smallest absolute Gasteiger partial charge is 0.295 e. The Balaban J connectivity index is 0.000000125. The number of likely N-dealkylation sites (N-methyl/N-ethyl adjacent to an activating group) is 2. The lowest BCUT2D eigenvalue weighted by Crippen LogP contribution is -2.27. The second kappa shape index (κ2) is 17.2. The molecular weight excluding hydrogens is 793 g/mol. The molecule has 0 amide bonds. The van der Waals surface area contributed by atoms with Gasteiger partial charge in [-0.3, -0.25) is 9.11 Å². The van der Waals surface area contributed by atoms with Crippen molar-refractivity contribution in [2.75, 3.05) is 27.2 Å². The van der Waals surface area contributed by atoms with E-state index in [4.69, 9.17) is 9.11 Å². The van der Waals surface area contributed by atoms with Crippen molar-refractivity contribution in [3.05, 3.63) is 179 Å². The molecule has 10 rings (SSSR count). The van der Waals surface area contributed by atoms with Gasteiger partial charge in [0, 0.05) is 96.1 Å². The minimum Gasteiger partial charge on any atom is -0.340 e. The minimum atomic E-state index is -4.47. The van der Waals surface area contributed by atoms with E-state index in [-0.39, 0.29) is 10.8 Å². The maximum atomic E-state index is 11.2. The van der Waals surface area contributed by atoms with Gasteiger partial charge in [0.05, 0.1) is 0 Å². The molecule has 0 radical (unpaired) electrons. The Kier molecular flexibility index (Phi) is 11.8. The molecular formula is C48H48N4O6S2. The van der Waals surface area contributed by atoms with E-state index in [9.17, 15) is 16.8 Å². The average Bonchev–Trinajstić information content (AvgIpc) is 3.71. The van der Waals surface area contributed by atoms with Gasteiger partial charge in [-0.1, -0.05) is 121 Å². The van der Waals surface area contributed by atoms with Crippen molar-refractivity contribution in [1.82, 2.24) is 18.9 Å². The van der Waals surface area contributed by atoms with Crippen molar-refractivity contribution < 1.29 is 25.9 Å². The predicted molar refractivity (Wildman–Crippen MR) is 239 cm³/mol. The molecule has 308 valence electrons. The molecule has 4 heterocycles. The fraction of sp³-hybridized carbons (Fsp3) is 0.208. The normalized spacial score (nSPS) is 14.5. The Hall–Kier alpha value is -5.60. The fourth-order valence-corrected chi connectivity index (χ4v) is 10.1. The Morgan fingerprint density at radius 2 is 0.800 bits per heavy atom. The monoisotopic (exact) mass is 840 g/mol. The molecule has 0 saturated heterocycles. The Bertz CT molecular complexity index is 2830. The summed E-state index contributed by atoms with van der Waals surface area (Å²) in [6.07, 6.45) is 2.29. The summed E-state index contributed by atoms with van der Waals surface area (Å²) < 4.78 is 67.7. The first kappa shape index (κ1) is 41.1. The van der Waals surface area contributed by atoms with Crippen molar-refractivity contribution in [3.8, 4) is 0 Å². The first-order valence-corrected chi connectivity index (χ1v) is 22.8. The van der Waals surface area contributed by atoms with E-state index >= 15 is 0 Å². The molecule has 0 atom stereocenters. The Morgan fingerprint density at radius 1 is 0.450 bits per heavy atom. The summed E-state index contributed by atoms with van der Waals surface area (Å²) in [6, 6.07) is 46.8. The van der Waals surface area contributed by atoms with Crippen LogP contribution in [-0.4, -0.2) is 72.1 Å². The molecule has 10 nitrogen and oxygen atoms in total. The number of fused-ring (bicyclic) bond motifs is 7. The molecule has 0 bridgehead atoms. The third-order valence-corrected chi connectivity index (χ3v) is 13.3. The van der Waals surface area contributed by atoms with Crippen molar-refractivity contribution in [3.63, 3.8) is 0 Å². The van der Waals surface area contributed by atoms with Crippen LogP contribution in [0.15, 0.2) is 155 Å². The highest BCUT2D eigenvalue weighted by Crippen LogP contribution is 2.33. The predicted octanol–water partition coefficient (Wildman–Crippen LogP) is 8.69. The number of para-hydroxylation sites is 2. The lowest BCUT2D eigenvalue weighted by Gasteiger charge is -2.24. The lowest BCUT2D eigenvalue weighted by atomic mass is 10.1. The molecule has 6 aromatic carbocycles. The van der Waals surface area contributed by atoms with Gasteiger partial charge >= 0.3 is 0 Å². The van der Waals surface area contributed by atoms with Gasteiger partial charge in [0.15, 0.2) is 0 Å². The zero-order valence-electron chi connectivity index (χ0n) is 33.6. The Labute approximate surface area is 351 Å². The van der Waals surface area contributed by atoms with Crippen LogP contribution in [0.1, 0.15) is 33.6 Å². The van der Waals surface area contributed by atoms with Crippen LogP contribution in [-0.2, 0) is 59.3 Å². The molecule has 2 aromatic heterocycles. The van der Waals surface area contributed by atoms with Crippen LogP contribution in [0.5, 0.6) is 0 Å². The summed E-state index contributed by atoms with van der Waals surface area (Å²) in [5, 5.41) is 2.90. The quantitative estimate of drug-likeness (QED) is 0.160. The van der Waals surface area contributed by atoms with E-state index < -0.39 is 30.0 Å². The molecule has 0 fully saturated rings. The second-order valence-corrected chi connectivity index (χ2v) is 18.3. The third kappa shape index (κ3) is 8.66. The third-order valence-electron chi connectivity index (χ3n) is 11.5. The minimum absolute atomic E-state index is 0.0233. The topological polar surface area (TPSA) is 125 Å². The van der Waals surface area contributed by atoms with Crippen LogP contribution < -0.4 is 0 Å². The maximum absolute atomic E-state index is 11.2. The van der Waals surface area contributed by atoms with E-state index in [0.717, 1.165) is 64.2 Å². The van der Waals surface area contributed by atoms with Crippen LogP contribution in [0.25, 0.3) is 32.6 Å². The van der Waals surface area contributed by atoms with Crippen molar-refractivity contribution >= 4 is 52.8 Å². The highest BCUT2D eigenvalue weighted by molar-refractivity contribution is 7.86. The molecule has 0 saturated carbocycles. The summed E-state index contributed by atoms with van der Waals surface area (Å²) in [4.78, 5) is 4.01. The van der Waals surface area contributed by atoms with E-state index in [2.05, 4.69) is 142 Å². The zero-order chi connectivity index (χ0) is 42.0. The molecule has 8 aromatic rings. The largest absolute Gasteiger partial charge is 0.340 e. The number of hydrogen-bond acceptors (Lipinski definition) is 6. The molecule has 12 heteroatoms. The van der Waals surface area contributed by atoms with Crippen LogP contribution in [0.3, 0.4) is 0 Å². The van der Waals surface area contributed by atoms with Crippen molar-refractivity contribution in [2.45, 2.75) is 48.8 Å². The van der Waals surface area contributed by atoms with Crippen molar-refractivity contribution in [2.24, 2.45) is 0 Å². The van der Waals surface area contributed by atoms with Gasteiger partial charge in [0.2, 0.25) is 0 Å². The van der Waals surface area contributed by atoms with Gasteiger partial charge in [-0.2, -0.15) is 16.8 Å². The number of hydrogen-bond donors (Lipinski definition) is 2. The zero-order valence-corrected chi connectivity index (χ0v) is 35.3. The summed E-state index contributed by atoms with van der Waals surface area (Å²) >= 11 is 0. The summed E-state index contributed by atoms with van der Waals surface area (Å²) in [6.45, 7) is 6.38. The van der Waals surface area contributed by atoms with Crippen molar-refractivity contribution in [1.29, 1.82) is 0 Å². The van der Waals surface area contributed by atoms with Gasteiger partial charge in [-0.25, -0.2) is 0 Å². The average molecular weight is 841 g/mol. The molecule has 60 heavy (non-hydrogen) atoms. The van der Waals surface area contributed by atoms with Crippen LogP contribution in [0, 0.1) is 0 Å². The number of benzene rings is 6. The maximum Gasteiger partial charge on any atom is 0.295 e. The van der Waals surface area contributed by atoms with E-state index in [1.54, 1.807) is 0 Å². The van der Waals surface area contributed by atoms with Gasteiger partial charge in [0.1, 0.15) is 9.79 Å². The van der Waals surface area contributed by atoms with Crippen LogP contribution in [0.4, 0.5) is 0 Å². The second-order valence-electron chi connectivity index (χ2n) is 15.6. The first-order valence-electron chi connectivity index (χ1n) is 20.0. The molecule has 2 aliphatic rings. The molecule has 2 N–H and O–H groups in total. The van der Waals surface area contributed by atoms with Crippen LogP contribution >= 0.6 is 0 Å². The van der Waals surface area contributed by atoms with Gasteiger partial charge < -0.3 is 18.9 Å². The molecule has 0 unspecified atom stereocenters. The van der Waals surface area contributed by atoms with E-state index in [1.165, 1.54) is 79.7 Å². The van der Waals surface area contributed by atoms with Gasteiger partial charge in [0.25, 0.3) is 20.2 Å². The number of aromatic nitrogens is 2. The summed E-state index contributed by atoms with van der Waals surface area (Å²) in [5.41, 5.74) is 11.6.